The summed E-state index contributed by atoms with van der Waals surface area (Å²) in [6.45, 7) is 5.92. The van der Waals surface area contributed by atoms with E-state index in [0.717, 1.165) is 0 Å². The summed E-state index contributed by atoms with van der Waals surface area (Å²) in [5, 5.41) is 17.3. The van der Waals surface area contributed by atoms with Gasteiger partial charge in [-0.2, -0.15) is 5.10 Å². The first kappa shape index (κ1) is 12.3. The van der Waals surface area contributed by atoms with Crippen molar-refractivity contribution in [3.8, 4) is 0 Å². The standard InChI is InChI=1S/C12H16N4O2/c1-12(2,3)15-9-7-6-14-16(4)10(7)13-5-8(9)11(17)18/h5-6H,1-4H3,(H,13,15)(H,17,18). The molecule has 0 atom stereocenters. The summed E-state index contributed by atoms with van der Waals surface area (Å²) in [6, 6.07) is 0. The summed E-state index contributed by atoms with van der Waals surface area (Å²) in [5.41, 5.74) is 1.14. The molecule has 0 bridgehead atoms. The van der Waals surface area contributed by atoms with Crippen LogP contribution in [0.1, 0.15) is 31.1 Å². The van der Waals surface area contributed by atoms with Crippen molar-refractivity contribution >= 4 is 22.7 Å². The fraction of sp³-hybridized carbons (Fsp3) is 0.417. The highest BCUT2D eigenvalue weighted by Crippen LogP contribution is 2.28. The van der Waals surface area contributed by atoms with Crippen LogP contribution < -0.4 is 5.32 Å². The number of carboxylic acid groups (broad SMARTS) is 1. The Bertz CT molecular complexity index is 610. The molecule has 0 unspecified atom stereocenters. The van der Waals surface area contributed by atoms with Crippen LogP contribution in [0.5, 0.6) is 0 Å². The third-order valence-electron chi connectivity index (χ3n) is 2.49. The molecule has 2 aromatic rings. The van der Waals surface area contributed by atoms with Crippen LogP contribution in [0, 0.1) is 0 Å². The van der Waals surface area contributed by atoms with Gasteiger partial charge in [-0.25, -0.2) is 9.78 Å². The molecule has 0 radical (unpaired) electrons. The number of aromatic nitrogens is 3. The number of aromatic carboxylic acids is 1. The molecule has 6 heteroatoms. The fourth-order valence-electron chi connectivity index (χ4n) is 1.77. The van der Waals surface area contributed by atoms with Gasteiger partial charge in [0.05, 0.1) is 17.3 Å². The minimum atomic E-state index is -1.000. The third-order valence-corrected chi connectivity index (χ3v) is 2.49. The first-order valence-corrected chi connectivity index (χ1v) is 5.62. The van der Waals surface area contributed by atoms with Gasteiger partial charge in [0.15, 0.2) is 5.65 Å². The molecule has 0 spiro atoms. The second-order valence-corrected chi connectivity index (χ2v) is 5.23. The largest absolute Gasteiger partial charge is 0.478 e. The van der Waals surface area contributed by atoms with Crippen LogP contribution in [-0.4, -0.2) is 31.4 Å². The molecule has 96 valence electrons. The average Bonchev–Trinajstić information content (AvgIpc) is 2.59. The summed E-state index contributed by atoms with van der Waals surface area (Å²) < 4.78 is 1.62. The zero-order valence-electron chi connectivity index (χ0n) is 10.9. The summed E-state index contributed by atoms with van der Waals surface area (Å²) in [5.74, 6) is -1.000. The molecule has 2 aromatic heterocycles. The molecular weight excluding hydrogens is 232 g/mol. The molecule has 2 N–H and O–H groups in total. The van der Waals surface area contributed by atoms with Crippen molar-refractivity contribution in [3.63, 3.8) is 0 Å². The molecule has 0 aliphatic carbocycles. The molecule has 18 heavy (non-hydrogen) atoms. The van der Waals surface area contributed by atoms with E-state index in [4.69, 9.17) is 0 Å². The van der Waals surface area contributed by atoms with E-state index in [9.17, 15) is 9.90 Å². The Labute approximate surface area is 105 Å². The summed E-state index contributed by atoms with van der Waals surface area (Å²) in [4.78, 5) is 15.4. The Kier molecular flexibility index (Phi) is 2.73. The predicted octanol–water partition coefficient (Wildman–Crippen LogP) is 1.88. The number of carboxylic acids is 1. The van der Waals surface area contributed by atoms with E-state index in [0.29, 0.717) is 16.7 Å². The SMILES string of the molecule is Cn1ncc2c(NC(C)(C)C)c(C(=O)O)cnc21. The lowest BCUT2D eigenvalue weighted by Crippen LogP contribution is -2.27. The monoisotopic (exact) mass is 248 g/mol. The number of carbonyl (C=O) groups is 1. The van der Waals surface area contributed by atoms with E-state index in [1.54, 1.807) is 17.9 Å². The number of pyridine rings is 1. The highest BCUT2D eigenvalue weighted by Gasteiger charge is 2.20. The normalized spacial score (nSPS) is 11.8. The van der Waals surface area contributed by atoms with Crippen LogP contribution in [0.3, 0.4) is 0 Å². The molecule has 6 nitrogen and oxygen atoms in total. The molecule has 0 aliphatic heterocycles. The van der Waals surface area contributed by atoms with Crippen molar-refractivity contribution in [2.75, 3.05) is 5.32 Å². The minimum absolute atomic E-state index is 0.158. The number of hydrogen-bond acceptors (Lipinski definition) is 4. The lowest BCUT2D eigenvalue weighted by atomic mass is 10.1. The van der Waals surface area contributed by atoms with Crippen LogP contribution in [0.4, 0.5) is 5.69 Å². The van der Waals surface area contributed by atoms with Crippen molar-refractivity contribution in [2.24, 2.45) is 7.05 Å². The lowest BCUT2D eigenvalue weighted by Gasteiger charge is -2.23. The second-order valence-electron chi connectivity index (χ2n) is 5.23. The number of hydrogen-bond donors (Lipinski definition) is 2. The number of nitrogens with one attached hydrogen (secondary N) is 1. The minimum Gasteiger partial charge on any atom is -0.478 e. The Morgan fingerprint density at radius 3 is 2.61 bits per heavy atom. The second kappa shape index (κ2) is 3.97. The van der Waals surface area contributed by atoms with Gasteiger partial charge in [0.2, 0.25) is 0 Å². The summed E-state index contributed by atoms with van der Waals surface area (Å²) in [7, 11) is 1.77. The topological polar surface area (TPSA) is 80.0 Å². The Balaban J connectivity index is 2.70. The van der Waals surface area contributed by atoms with Gasteiger partial charge in [-0.05, 0) is 20.8 Å². The molecule has 0 aromatic carbocycles. The Morgan fingerprint density at radius 1 is 1.39 bits per heavy atom. The molecule has 0 fully saturated rings. The zero-order valence-corrected chi connectivity index (χ0v) is 10.9. The smallest absolute Gasteiger partial charge is 0.339 e. The fourth-order valence-corrected chi connectivity index (χ4v) is 1.77. The highest BCUT2D eigenvalue weighted by molar-refractivity contribution is 6.03. The summed E-state index contributed by atoms with van der Waals surface area (Å²) in [6.07, 6.45) is 2.99. The van der Waals surface area contributed by atoms with Crippen LogP contribution in [0.15, 0.2) is 12.4 Å². The molecule has 0 aliphatic rings. The van der Waals surface area contributed by atoms with Gasteiger partial charge in [-0.15, -0.1) is 0 Å². The first-order valence-electron chi connectivity index (χ1n) is 5.62. The van der Waals surface area contributed by atoms with Crippen molar-refractivity contribution in [2.45, 2.75) is 26.3 Å². The predicted molar refractivity (Wildman–Crippen MR) is 68.8 cm³/mol. The number of fused-ring (bicyclic) bond motifs is 1. The van der Waals surface area contributed by atoms with Crippen LogP contribution in [0.25, 0.3) is 11.0 Å². The van der Waals surface area contributed by atoms with Crippen LogP contribution >= 0.6 is 0 Å². The van der Waals surface area contributed by atoms with E-state index in [1.165, 1.54) is 6.20 Å². The van der Waals surface area contributed by atoms with Crippen LogP contribution in [-0.2, 0) is 7.05 Å². The molecule has 2 heterocycles. The molecule has 0 saturated carbocycles. The first-order chi connectivity index (χ1) is 8.29. The van der Waals surface area contributed by atoms with Crippen molar-refractivity contribution in [1.82, 2.24) is 14.8 Å². The lowest BCUT2D eigenvalue weighted by molar-refractivity contribution is 0.0697. The maximum absolute atomic E-state index is 11.3. The maximum atomic E-state index is 11.3. The molecule has 0 saturated heterocycles. The van der Waals surface area contributed by atoms with E-state index < -0.39 is 5.97 Å². The van der Waals surface area contributed by atoms with Gasteiger partial charge in [-0.1, -0.05) is 0 Å². The summed E-state index contributed by atoms with van der Waals surface area (Å²) >= 11 is 0. The maximum Gasteiger partial charge on any atom is 0.339 e. The average molecular weight is 248 g/mol. The Morgan fingerprint density at radius 2 is 2.06 bits per heavy atom. The van der Waals surface area contributed by atoms with E-state index in [-0.39, 0.29) is 11.1 Å². The van der Waals surface area contributed by atoms with Crippen molar-refractivity contribution in [3.05, 3.63) is 18.0 Å². The number of rotatable bonds is 2. The Hall–Kier alpha value is -2.11. The molecule has 2 rings (SSSR count). The van der Waals surface area contributed by atoms with Gasteiger partial charge in [0.25, 0.3) is 0 Å². The highest BCUT2D eigenvalue weighted by atomic mass is 16.4. The van der Waals surface area contributed by atoms with Gasteiger partial charge >= 0.3 is 5.97 Å². The number of anilines is 1. The molecular formula is C12H16N4O2. The molecule has 0 amide bonds. The van der Waals surface area contributed by atoms with E-state index in [1.807, 2.05) is 20.8 Å². The van der Waals surface area contributed by atoms with Crippen LogP contribution in [0.2, 0.25) is 0 Å². The quantitative estimate of drug-likeness (QED) is 0.848. The van der Waals surface area contributed by atoms with E-state index >= 15 is 0 Å². The zero-order chi connectivity index (χ0) is 13.5. The van der Waals surface area contributed by atoms with Gasteiger partial charge < -0.3 is 10.4 Å². The third kappa shape index (κ3) is 2.13. The number of aryl methyl sites for hydroxylation is 1. The van der Waals surface area contributed by atoms with E-state index in [2.05, 4.69) is 15.4 Å². The van der Waals surface area contributed by atoms with Crippen molar-refractivity contribution < 1.29 is 9.90 Å². The van der Waals surface area contributed by atoms with Gasteiger partial charge in [-0.3, -0.25) is 4.68 Å². The van der Waals surface area contributed by atoms with Crippen molar-refractivity contribution in [1.29, 1.82) is 0 Å². The number of nitrogens with zero attached hydrogens (tertiary/aromatic N) is 3. The van der Waals surface area contributed by atoms with Gasteiger partial charge in [0, 0.05) is 18.8 Å². The van der Waals surface area contributed by atoms with Gasteiger partial charge in [0.1, 0.15) is 5.56 Å².